The molecule has 152 valence electrons. The van der Waals surface area contributed by atoms with E-state index in [1.165, 1.54) is 4.90 Å². The van der Waals surface area contributed by atoms with E-state index in [9.17, 15) is 10.1 Å². The van der Waals surface area contributed by atoms with Crippen molar-refractivity contribution >= 4 is 11.4 Å². The lowest BCUT2D eigenvalue weighted by Gasteiger charge is -2.38. The van der Waals surface area contributed by atoms with Crippen LogP contribution in [0.25, 0.3) is 0 Å². The van der Waals surface area contributed by atoms with Crippen LogP contribution in [0, 0.1) is 16.0 Å². The summed E-state index contributed by atoms with van der Waals surface area (Å²) in [5, 5.41) is 23.2. The molecule has 1 aliphatic heterocycles. The molecule has 28 heavy (non-hydrogen) atoms. The van der Waals surface area contributed by atoms with Gasteiger partial charge in [0.15, 0.2) is 6.04 Å². The minimum absolute atomic E-state index is 0.121. The molecule has 0 bridgehead atoms. The molecule has 1 atom stereocenters. The van der Waals surface area contributed by atoms with Gasteiger partial charge in [-0.05, 0) is 22.6 Å². The van der Waals surface area contributed by atoms with Crippen molar-refractivity contribution in [2.45, 2.75) is 26.4 Å². The average molecular weight is 390 g/mol. The summed E-state index contributed by atoms with van der Waals surface area (Å²) in [5.41, 5.74) is 1.14. The third kappa shape index (κ3) is 4.45. The van der Waals surface area contributed by atoms with Gasteiger partial charge < -0.3 is 14.5 Å². The molecule has 1 saturated heterocycles. The smallest absolute Gasteiger partial charge is 0.269 e. The first kappa shape index (κ1) is 20.2. The normalized spacial score (nSPS) is 16.5. The second kappa shape index (κ2) is 9.07. The van der Waals surface area contributed by atoms with Gasteiger partial charge in [-0.15, -0.1) is 5.10 Å². The number of piperazine rings is 1. The summed E-state index contributed by atoms with van der Waals surface area (Å²) in [7, 11) is 1.67. The summed E-state index contributed by atoms with van der Waals surface area (Å²) < 4.78 is 7.02. The van der Waals surface area contributed by atoms with Gasteiger partial charge >= 0.3 is 0 Å². The molecule has 3 rings (SSSR count). The number of ether oxygens (including phenoxy) is 1. The monoisotopic (exact) mass is 390 g/mol. The number of quaternary nitrogens is 1. The number of hydrogen-bond donors (Lipinski definition) is 1. The van der Waals surface area contributed by atoms with Crippen molar-refractivity contribution in [1.82, 2.24) is 20.2 Å². The quantitative estimate of drug-likeness (QED) is 0.512. The van der Waals surface area contributed by atoms with Crippen molar-refractivity contribution in [3.8, 4) is 0 Å². The summed E-state index contributed by atoms with van der Waals surface area (Å²) in [4.78, 5) is 14.2. The van der Waals surface area contributed by atoms with Crippen LogP contribution in [0.2, 0.25) is 0 Å². The van der Waals surface area contributed by atoms with E-state index in [2.05, 4.69) is 34.3 Å². The lowest BCUT2D eigenvalue weighted by molar-refractivity contribution is -0.937. The van der Waals surface area contributed by atoms with Gasteiger partial charge in [0.2, 0.25) is 5.82 Å². The molecule has 1 aliphatic rings. The Bertz CT molecular complexity index is 770. The van der Waals surface area contributed by atoms with Gasteiger partial charge in [0.05, 0.1) is 44.3 Å². The molecule has 0 spiro atoms. The summed E-state index contributed by atoms with van der Waals surface area (Å²) >= 11 is 0. The average Bonchev–Trinajstić information content (AvgIpc) is 3.15. The topological polar surface area (TPSA) is 104 Å². The zero-order valence-corrected chi connectivity index (χ0v) is 16.6. The van der Waals surface area contributed by atoms with E-state index in [-0.39, 0.29) is 16.7 Å². The minimum Gasteiger partial charge on any atom is -0.383 e. The van der Waals surface area contributed by atoms with E-state index in [4.69, 9.17) is 4.74 Å². The largest absolute Gasteiger partial charge is 0.383 e. The fourth-order valence-corrected chi connectivity index (χ4v) is 3.87. The summed E-state index contributed by atoms with van der Waals surface area (Å²) in [6, 6.07) is 7.00. The van der Waals surface area contributed by atoms with Crippen molar-refractivity contribution in [3.05, 3.63) is 40.2 Å². The summed E-state index contributed by atoms with van der Waals surface area (Å²) in [6.07, 6.45) is 0. The lowest BCUT2D eigenvalue weighted by Crippen LogP contribution is -3.15. The Morgan fingerprint density at radius 1 is 1.25 bits per heavy atom. The van der Waals surface area contributed by atoms with Gasteiger partial charge in [-0.25, -0.2) is 4.68 Å². The Morgan fingerprint density at radius 3 is 2.50 bits per heavy atom. The van der Waals surface area contributed by atoms with Gasteiger partial charge in [-0.1, -0.05) is 13.8 Å². The van der Waals surface area contributed by atoms with Gasteiger partial charge in [0, 0.05) is 30.8 Å². The zero-order chi connectivity index (χ0) is 20.1. The number of nitro benzene ring substituents is 1. The number of nitrogens with zero attached hydrogens (tertiary/aromatic N) is 6. The molecule has 0 aliphatic carbocycles. The van der Waals surface area contributed by atoms with Gasteiger partial charge in [0.25, 0.3) is 5.69 Å². The molecule has 10 nitrogen and oxygen atoms in total. The molecule has 10 heteroatoms. The maximum absolute atomic E-state index is 10.8. The second-order valence-corrected chi connectivity index (χ2v) is 7.39. The minimum atomic E-state index is -0.368. The van der Waals surface area contributed by atoms with Crippen LogP contribution in [0.4, 0.5) is 11.4 Å². The number of nitro groups is 1. The number of rotatable bonds is 8. The van der Waals surface area contributed by atoms with E-state index in [0.29, 0.717) is 19.1 Å². The van der Waals surface area contributed by atoms with E-state index in [1.54, 1.807) is 19.2 Å². The molecule has 0 saturated carbocycles. The Hall–Kier alpha value is -2.59. The number of benzene rings is 1. The van der Waals surface area contributed by atoms with Crippen LogP contribution < -0.4 is 9.80 Å². The molecule has 0 amide bonds. The predicted octanol–water partition coefficient (Wildman–Crippen LogP) is 0.330. The maximum atomic E-state index is 10.8. The molecule has 0 radical (unpaired) electrons. The van der Waals surface area contributed by atoms with Crippen LogP contribution in [-0.4, -0.2) is 65.0 Å². The number of methoxy groups -OCH3 is 1. The maximum Gasteiger partial charge on any atom is 0.269 e. The van der Waals surface area contributed by atoms with Crippen LogP contribution in [-0.2, 0) is 11.3 Å². The number of non-ortho nitro benzene ring substituents is 1. The molecule has 1 N–H and O–H groups in total. The van der Waals surface area contributed by atoms with E-state index < -0.39 is 0 Å². The Kier molecular flexibility index (Phi) is 6.53. The number of nitrogens with one attached hydrogen (secondary N) is 1. The number of anilines is 1. The molecular formula is C18H28N7O3+. The highest BCUT2D eigenvalue weighted by Gasteiger charge is 2.35. The lowest BCUT2D eigenvalue weighted by atomic mass is 10.0. The molecule has 1 fully saturated rings. The van der Waals surface area contributed by atoms with Gasteiger partial charge in [0.1, 0.15) is 0 Å². The van der Waals surface area contributed by atoms with Crippen molar-refractivity contribution in [2.75, 3.05) is 44.8 Å². The van der Waals surface area contributed by atoms with Crippen LogP contribution in [0.3, 0.4) is 0 Å². The zero-order valence-electron chi connectivity index (χ0n) is 16.6. The van der Waals surface area contributed by atoms with Gasteiger partial charge in [-0.3, -0.25) is 10.1 Å². The van der Waals surface area contributed by atoms with Crippen LogP contribution in [0.5, 0.6) is 0 Å². The standard InChI is InChI=1S/C18H27N7O3/c1-14(2)17(18-19-20-21-24(18)12-13-28-3)23-10-8-22(9-11-23)15-4-6-16(7-5-15)25(26)27/h4-7,14,17H,8-13H2,1-3H3/p+1/t17-/m1/s1. The highest BCUT2D eigenvalue weighted by molar-refractivity contribution is 5.51. The predicted molar refractivity (Wildman–Crippen MR) is 103 cm³/mol. The first-order valence-corrected chi connectivity index (χ1v) is 9.60. The molecular weight excluding hydrogens is 362 g/mol. The molecule has 2 aromatic rings. The van der Waals surface area contributed by atoms with Crippen LogP contribution >= 0.6 is 0 Å². The third-order valence-corrected chi connectivity index (χ3v) is 5.28. The highest BCUT2D eigenvalue weighted by atomic mass is 16.6. The SMILES string of the molecule is COCCn1nnnc1[C@@H](C(C)C)[NH+]1CCN(c2ccc([N+](=O)[O-])cc2)CC1. The van der Waals surface area contributed by atoms with Crippen molar-refractivity contribution in [1.29, 1.82) is 0 Å². The Morgan fingerprint density at radius 2 is 1.93 bits per heavy atom. The molecule has 1 aromatic carbocycles. The van der Waals surface area contributed by atoms with Crippen LogP contribution in [0.15, 0.2) is 24.3 Å². The number of tetrazole rings is 1. The van der Waals surface area contributed by atoms with Crippen molar-refractivity contribution < 1.29 is 14.6 Å². The fraction of sp³-hybridized carbons (Fsp3) is 0.611. The van der Waals surface area contributed by atoms with E-state index in [1.807, 2.05) is 16.8 Å². The third-order valence-electron chi connectivity index (χ3n) is 5.28. The first-order valence-electron chi connectivity index (χ1n) is 9.60. The van der Waals surface area contributed by atoms with Crippen molar-refractivity contribution in [2.24, 2.45) is 5.92 Å². The van der Waals surface area contributed by atoms with Crippen molar-refractivity contribution in [3.63, 3.8) is 0 Å². The summed E-state index contributed by atoms with van der Waals surface area (Å²) in [6.45, 7) is 9.31. The van der Waals surface area contributed by atoms with Crippen LogP contribution in [0.1, 0.15) is 25.7 Å². The fourth-order valence-electron chi connectivity index (χ4n) is 3.87. The van der Waals surface area contributed by atoms with E-state index in [0.717, 1.165) is 37.7 Å². The van der Waals surface area contributed by atoms with E-state index >= 15 is 0 Å². The number of hydrogen-bond acceptors (Lipinski definition) is 7. The molecule has 2 heterocycles. The first-order chi connectivity index (χ1) is 13.5. The Labute approximate surface area is 164 Å². The Balaban J connectivity index is 1.68. The highest BCUT2D eigenvalue weighted by Crippen LogP contribution is 2.20. The molecule has 0 unspecified atom stereocenters. The van der Waals surface area contributed by atoms with Gasteiger partial charge in [-0.2, -0.15) is 0 Å². The second-order valence-electron chi connectivity index (χ2n) is 7.39. The number of aromatic nitrogens is 4. The molecule has 1 aromatic heterocycles. The summed E-state index contributed by atoms with van der Waals surface area (Å²) in [5.74, 6) is 1.30.